The van der Waals surface area contributed by atoms with Gasteiger partial charge in [0.25, 0.3) is 5.91 Å². The highest BCUT2D eigenvalue weighted by Crippen LogP contribution is 2.32. The smallest absolute Gasteiger partial charge is 0.255 e. The highest BCUT2D eigenvalue weighted by Gasteiger charge is 2.39. The van der Waals surface area contributed by atoms with Crippen LogP contribution in [0.5, 0.6) is 0 Å². The maximum Gasteiger partial charge on any atom is 0.255 e. The third-order valence-electron chi connectivity index (χ3n) is 12.9. The molecule has 60 heavy (non-hydrogen) atoms. The first-order chi connectivity index (χ1) is 29.1. The van der Waals surface area contributed by atoms with Crippen LogP contribution in [0.15, 0.2) is 55.0 Å². The van der Waals surface area contributed by atoms with Crippen molar-refractivity contribution < 1.29 is 19.2 Å². The van der Waals surface area contributed by atoms with Crippen molar-refractivity contribution in [2.24, 2.45) is 5.92 Å². The first-order valence-corrected chi connectivity index (χ1v) is 21.2. The van der Waals surface area contributed by atoms with Crippen LogP contribution < -0.4 is 20.9 Å². The topological polar surface area (TPSA) is 175 Å². The van der Waals surface area contributed by atoms with Crippen molar-refractivity contribution in [2.45, 2.75) is 57.2 Å². The molecule has 0 aliphatic carbocycles. The van der Waals surface area contributed by atoms with Gasteiger partial charge in [-0.1, -0.05) is 0 Å². The number of nitrogens with one attached hydrogen (secondary N) is 4. The zero-order valence-corrected chi connectivity index (χ0v) is 34.8. The summed E-state index contributed by atoms with van der Waals surface area (Å²) in [5.74, 6) is 1.12. The summed E-state index contributed by atoms with van der Waals surface area (Å²) in [6.07, 6.45) is 11.9. The van der Waals surface area contributed by atoms with Crippen molar-refractivity contribution in [3.8, 4) is 0 Å². The molecule has 2 atom stereocenters. The van der Waals surface area contributed by atoms with E-state index in [1.807, 2.05) is 49.1 Å². The Kier molecular flexibility index (Phi) is 12.1. The molecule has 2 aromatic carbocycles. The molecule has 16 nitrogen and oxygen atoms in total. The van der Waals surface area contributed by atoms with Gasteiger partial charge >= 0.3 is 0 Å². The van der Waals surface area contributed by atoms with E-state index in [0.717, 1.165) is 105 Å². The predicted octanol–water partition coefficient (Wildman–Crippen LogP) is 3.70. The van der Waals surface area contributed by atoms with Crippen molar-refractivity contribution in [3.63, 3.8) is 0 Å². The van der Waals surface area contributed by atoms with E-state index in [1.165, 1.54) is 19.4 Å². The highest BCUT2D eigenvalue weighted by molar-refractivity contribution is 6.05. The molecule has 5 aliphatic heterocycles. The van der Waals surface area contributed by atoms with Gasteiger partial charge in [0.05, 0.1) is 24.1 Å². The van der Waals surface area contributed by atoms with Gasteiger partial charge < -0.3 is 29.7 Å². The number of likely N-dealkylation sites (tertiary alicyclic amines) is 2. The molecule has 5 aliphatic rings. The Labute approximate surface area is 350 Å². The van der Waals surface area contributed by atoms with E-state index in [2.05, 4.69) is 64.8 Å². The number of imide groups is 1. The largest absolute Gasteiger partial charge is 0.388 e. The maximum absolute atomic E-state index is 13.0. The quantitative estimate of drug-likeness (QED) is 0.0837. The molecule has 4 N–H and O–H groups in total. The van der Waals surface area contributed by atoms with Crippen LogP contribution in [0.3, 0.4) is 0 Å². The molecular formula is C44H56N12O4. The fourth-order valence-electron chi connectivity index (χ4n) is 9.36. The molecule has 9 rings (SSSR count). The summed E-state index contributed by atoms with van der Waals surface area (Å²) < 4.78 is 2.04. The number of hydrogen-bond donors (Lipinski definition) is 4. The van der Waals surface area contributed by atoms with Crippen LogP contribution >= 0.6 is 0 Å². The molecule has 2 aromatic heterocycles. The van der Waals surface area contributed by atoms with Crippen molar-refractivity contribution in [3.05, 3.63) is 82.9 Å². The number of amidine groups is 1. The lowest BCUT2D eigenvalue weighted by atomic mass is 9.95. The number of aldehydes is 1. The molecule has 7 heterocycles. The number of hydrogen-bond acceptors (Lipinski definition) is 12. The molecule has 0 bridgehead atoms. The lowest BCUT2D eigenvalue weighted by Gasteiger charge is -2.40. The zero-order valence-electron chi connectivity index (χ0n) is 34.8. The standard InChI is InChI=1S/C32H39N7O4.C12H17N5/c1-34-27-5-2-22(20-40)16-26(27)30(33)38-10-8-21(9-11-38)18-36-12-14-37(15-13-36)24-3-4-25-23(17-24)19-39(32(25)43)28-6-7-29(41)35-31(28)42;1-13-11-8-17-7-9(15-12(17)6-14-11)10-4-3-5-16(10)2/h2-5,16-17,20-21,28,33-34H,6-15,18-19H2,1H3,(H,35,41,42);6-8,10,13H,3-5H2,1-2H3. The molecule has 16 heteroatoms. The van der Waals surface area contributed by atoms with E-state index in [9.17, 15) is 19.2 Å². The molecule has 4 fully saturated rings. The average molecular weight is 817 g/mol. The lowest BCUT2D eigenvalue weighted by molar-refractivity contribution is -0.136. The molecule has 4 saturated heterocycles. The molecule has 2 unspecified atom stereocenters. The summed E-state index contributed by atoms with van der Waals surface area (Å²) in [7, 11) is 5.87. The molecule has 4 aromatic rings. The summed E-state index contributed by atoms with van der Waals surface area (Å²) >= 11 is 0. The van der Waals surface area contributed by atoms with Crippen LogP contribution in [0.2, 0.25) is 0 Å². The number of rotatable bonds is 9. The van der Waals surface area contributed by atoms with Crippen LogP contribution in [0.25, 0.3) is 5.65 Å². The van der Waals surface area contributed by atoms with Gasteiger partial charge in [-0.25, -0.2) is 9.97 Å². The summed E-state index contributed by atoms with van der Waals surface area (Å²) in [4.78, 5) is 68.2. The van der Waals surface area contributed by atoms with E-state index in [4.69, 9.17) is 5.41 Å². The van der Waals surface area contributed by atoms with E-state index in [0.29, 0.717) is 41.9 Å². The second kappa shape index (κ2) is 17.8. The zero-order chi connectivity index (χ0) is 41.9. The Morgan fingerprint density at radius 3 is 2.42 bits per heavy atom. The predicted molar refractivity (Wildman–Crippen MR) is 231 cm³/mol. The number of carbonyl (C=O) groups is 4. The Balaban J connectivity index is 0.000000243. The highest BCUT2D eigenvalue weighted by atomic mass is 16.2. The number of imidazole rings is 1. The number of anilines is 3. The van der Waals surface area contributed by atoms with Crippen LogP contribution in [0, 0.1) is 11.3 Å². The number of carbonyl (C=O) groups excluding carboxylic acids is 4. The monoisotopic (exact) mass is 816 g/mol. The van der Waals surface area contributed by atoms with E-state index >= 15 is 0 Å². The minimum atomic E-state index is -0.596. The van der Waals surface area contributed by atoms with Crippen LogP contribution in [-0.2, 0) is 16.1 Å². The summed E-state index contributed by atoms with van der Waals surface area (Å²) in [6.45, 7) is 8.04. The fraction of sp³-hybridized carbons (Fsp3) is 0.477. The Morgan fingerprint density at radius 1 is 0.917 bits per heavy atom. The number of fused-ring (bicyclic) bond motifs is 2. The van der Waals surface area contributed by atoms with Gasteiger partial charge in [0.15, 0.2) is 5.65 Å². The third-order valence-corrected chi connectivity index (χ3v) is 12.9. The summed E-state index contributed by atoms with van der Waals surface area (Å²) in [6, 6.07) is 11.3. The molecular weight excluding hydrogens is 761 g/mol. The fourth-order valence-corrected chi connectivity index (χ4v) is 9.36. The maximum atomic E-state index is 13.0. The first kappa shape index (κ1) is 40.9. The molecule has 0 saturated carbocycles. The first-order valence-electron chi connectivity index (χ1n) is 21.2. The van der Waals surface area contributed by atoms with Gasteiger partial charge in [-0.3, -0.25) is 39.7 Å². The van der Waals surface area contributed by atoms with Crippen LogP contribution in [0.1, 0.15) is 82.1 Å². The minimum absolute atomic E-state index is 0.140. The normalized spacial score (nSPS) is 21.4. The summed E-state index contributed by atoms with van der Waals surface area (Å²) in [5.41, 5.74) is 6.95. The van der Waals surface area contributed by atoms with E-state index in [1.54, 1.807) is 17.0 Å². The van der Waals surface area contributed by atoms with Crippen molar-refractivity contribution in [1.29, 1.82) is 5.41 Å². The second-order valence-corrected chi connectivity index (χ2v) is 16.6. The van der Waals surface area contributed by atoms with Gasteiger partial charge in [0.2, 0.25) is 11.8 Å². The van der Waals surface area contributed by atoms with Gasteiger partial charge in [0, 0.05) is 107 Å². The average Bonchev–Trinajstić information content (AvgIpc) is 3.99. The number of aromatic nitrogens is 3. The number of benzene rings is 2. The molecule has 3 amide bonds. The SMILES string of the molecule is CNc1ccc(C=O)cc1C(=N)N1CCC(CN2CCN(c3ccc4c(c3)CN(C3CCC(=O)NC3=O)C4=O)CC2)CC1.CNc1cn2cc(C3CCCN3C)nc2cn1. The molecule has 316 valence electrons. The third kappa shape index (κ3) is 8.57. The van der Waals surface area contributed by atoms with Crippen molar-refractivity contribution in [1.82, 2.24) is 39.3 Å². The molecule has 0 spiro atoms. The van der Waals surface area contributed by atoms with E-state index < -0.39 is 6.04 Å². The lowest BCUT2D eigenvalue weighted by Crippen LogP contribution is -2.52. The number of nitrogens with zero attached hydrogens (tertiary/aromatic N) is 8. The number of piperidine rings is 2. The van der Waals surface area contributed by atoms with Crippen molar-refractivity contribution in [2.75, 3.05) is 89.0 Å². The van der Waals surface area contributed by atoms with Gasteiger partial charge in [-0.2, -0.15) is 0 Å². The second-order valence-electron chi connectivity index (χ2n) is 16.6. The number of amides is 3. The van der Waals surface area contributed by atoms with Crippen molar-refractivity contribution >= 4 is 52.7 Å². The Hall–Kier alpha value is -5.87. The minimum Gasteiger partial charge on any atom is -0.388 e. The summed E-state index contributed by atoms with van der Waals surface area (Å²) in [5, 5.41) is 17.3. The Bertz CT molecular complexity index is 2260. The molecule has 0 radical (unpaired) electrons. The van der Waals surface area contributed by atoms with Gasteiger partial charge in [-0.15, -0.1) is 0 Å². The van der Waals surface area contributed by atoms with Gasteiger partial charge in [0.1, 0.15) is 24.0 Å². The number of piperazine rings is 1. The van der Waals surface area contributed by atoms with Crippen LogP contribution in [0.4, 0.5) is 17.2 Å². The Morgan fingerprint density at radius 2 is 1.72 bits per heavy atom. The van der Waals surface area contributed by atoms with Gasteiger partial charge in [-0.05, 0) is 93.6 Å². The van der Waals surface area contributed by atoms with Crippen LogP contribution in [-0.4, -0.2) is 143 Å². The van der Waals surface area contributed by atoms with E-state index in [-0.39, 0.29) is 24.1 Å².